The van der Waals surface area contributed by atoms with E-state index in [-0.39, 0.29) is 0 Å². The first-order valence-electron chi connectivity index (χ1n) is 9.12. The predicted octanol–water partition coefficient (Wildman–Crippen LogP) is 3.88. The van der Waals surface area contributed by atoms with Gasteiger partial charge < -0.3 is 14.0 Å². The summed E-state index contributed by atoms with van der Waals surface area (Å²) in [5.41, 5.74) is -0.523. The van der Waals surface area contributed by atoms with E-state index in [2.05, 4.69) is 10.3 Å². The Kier molecular flexibility index (Phi) is 4.72. The fraction of sp³-hybridized carbons (Fsp3) is 0.500. The molecular formula is C20H27BN2O4. The molecule has 3 rings (SSSR count). The van der Waals surface area contributed by atoms with Gasteiger partial charge in [0.15, 0.2) is 0 Å². The van der Waals surface area contributed by atoms with Crippen molar-refractivity contribution in [1.29, 1.82) is 0 Å². The molecule has 1 saturated heterocycles. The topological polar surface area (TPSA) is 69.7 Å². The summed E-state index contributed by atoms with van der Waals surface area (Å²) in [7, 11) is -0.490. The number of aromatic nitrogens is 1. The van der Waals surface area contributed by atoms with Crippen molar-refractivity contribution in [3.8, 4) is 0 Å². The number of hydrogen-bond acceptors (Lipinski definition) is 5. The van der Waals surface area contributed by atoms with Crippen molar-refractivity contribution in [2.24, 2.45) is 0 Å². The Morgan fingerprint density at radius 2 is 1.78 bits per heavy atom. The van der Waals surface area contributed by atoms with Crippen LogP contribution in [0.4, 0.5) is 10.6 Å². The molecule has 1 aromatic heterocycles. The lowest BCUT2D eigenvalue weighted by molar-refractivity contribution is 0.00578. The molecule has 1 aliphatic heterocycles. The van der Waals surface area contributed by atoms with E-state index in [0.717, 1.165) is 16.2 Å². The van der Waals surface area contributed by atoms with Crippen molar-refractivity contribution in [3.63, 3.8) is 0 Å². The highest BCUT2D eigenvalue weighted by Crippen LogP contribution is 2.37. The number of carbonyl (C=O) groups excluding carboxylic acids is 1. The van der Waals surface area contributed by atoms with Gasteiger partial charge in [0.25, 0.3) is 0 Å². The number of amides is 1. The van der Waals surface area contributed by atoms with Crippen molar-refractivity contribution in [2.75, 3.05) is 5.32 Å². The van der Waals surface area contributed by atoms with Gasteiger partial charge in [-0.1, -0.05) is 18.2 Å². The van der Waals surface area contributed by atoms with Gasteiger partial charge in [0, 0.05) is 6.20 Å². The Balaban J connectivity index is 1.93. The SMILES string of the molecule is CC(C)(C)OC(=O)Nc1cc2c(B3OC(C)(C)C(C)(C)O3)cccc2cn1. The molecule has 0 spiro atoms. The van der Waals surface area contributed by atoms with Crippen LogP contribution in [0, 0.1) is 0 Å². The number of ether oxygens (including phenoxy) is 1. The second-order valence-corrected chi connectivity index (χ2v) is 8.85. The molecule has 0 atom stereocenters. The largest absolute Gasteiger partial charge is 0.495 e. The van der Waals surface area contributed by atoms with Gasteiger partial charge in [0.2, 0.25) is 0 Å². The summed E-state index contributed by atoms with van der Waals surface area (Å²) in [6, 6.07) is 7.71. The molecule has 0 saturated carbocycles. The van der Waals surface area contributed by atoms with Crippen LogP contribution in [0.2, 0.25) is 0 Å². The van der Waals surface area contributed by atoms with Crippen molar-refractivity contribution < 1.29 is 18.8 Å². The third-order valence-corrected chi connectivity index (χ3v) is 4.93. The smallest absolute Gasteiger partial charge is 0.444 e. The van der Waals surface area contributed by atoms with Gasteiger partial charge in [-0.25, -0.2) is 9.78 Å². The maximum atomic E-state index is 12.1. The highest BCUT2D eigenvalue weighted by atomic mass is 16.7. The molecule has 1 fully saturated rings. The third kappa shape index (κ3) is 4.09. The van der Waals surface area contributed by atoms with Gasteiger partial charge in [-0.05, 0) is 70.8 Å². The molecule has 1 N–H and O–H groups in total. The lowest BCUT2D eigenvalue weighted by Crippen LogP contribution is -2.41. The molecule has 7 heteroatoms. The predicted molar refractivity (Wildman–Crippen MR) is 107 cm³/mol. The average molecular weight is 370 g/mol. The van der Waals surface area contributed by atoms with Crippen LogP contribution in [0.5, 0.6) is 0 Å². The Hall–Kier alpha value is -2.12. The summed E-state index contributed by atoms with van der Waals surface area (Å²) in [6.07, 6.45) is 1.18. The van der Waals surface area contributed by atoms with E-state index < -0.39 is 30.0 Å². The average Bonchev–Trinajstić information content (AvgIpc) is 2.72. The second-order valence-electron chi connectivity index (χ2n) is 8.85. The highest BCUT2D eigenvalue weighted by Gasteiger charge is 2.52. The van der Waals surface area contributed by atoms with Crippen LogP contribution in [-0.2, 0) is 14.0 Å². The molecule has 2 aromatic rings. The Bertz CT molecular complexity index is 858. The normalized spacial score (nSPS) is 18.6. The van der Waals surface area contributed by atoms with Crippen molar-refractivity contribution in [3.05, 3.63) is 30.5 Å². The van der Waals surface area contributed by atoms with Crippen molar-refractivity contribution in [2.45, 2.75) is 65.3 Å². The summed E-state index contributed by atoms with van der Waals surface area (Å²) in [6.45, 7) is 13.5. The van der Waals surface area contributed by atoms with E-state index in [1.165, 1.54) is 0 Å². The van der Waals surface area contributed by atoms with Crippen LogP contribution >= 0.6 is 0 Å². The summed E-state index contributed by atoms with van der Waals surface area (Å²) < 4.78 is 17.7. The number of fused-ring (bicyclic) bond motifs is 1. The van der Waals surface area contributed by atoms with Crippen molar-refractivity contribution >= 4 is 35.3 Å². The Morgan fingerprint density at radius 1 is 1.15 bits per heavy atom. The molecule has 27 heavy (non-hydrogen) atoms. The first-order valence-corrected chi connectivity index (χ1v) is 9.12. The quantitative estimate of drug-likeness (QED) is 0.813. The molecule has 0 bridgehead atoms. The number of nitrogens with one attached hydrogen (secondary N) is 1. The van der Waals surface area contributed by atoms with Crippen LogP contribution in [-0.4, -0.2) is 35.0 Å². The van der Waals surface area contributed by atoms with E-state index in [1.54, 1.807) is 6.20 Å². The van der Waals surface area contributed by atoms with E-state index >= 15 is 0 Å². The fourth-order valence-corrected chi connectivity index (χ4v) is 2.85. The fourth-order valence-electron chi connectivity index (χ4n) is 2.85. The van der Waals surface area contributed by atoms with Crippen LogP contribution < -0.4 is 10.8 Å². The number of rotatable bonds is 2. The first-order chi connectivity index (χ1) is 12.4. The molecule has 2 heterocycles. The van der Waals surface area contributed by atoms with E-state index in [4.69, 9.17) is 14.0 Å². The molecule has 0 aliphatic carbocycles. The van der Waals surface area contributed by atoms with Gasteiger partial charge in [-0.3, -0.25) is 5.32 Å². The maximum Gasteiger partial charge on any atom is 0.495 e. The minimum absolute atomic E-state index is 0.417. The summed E-state index contributed by atoms with van der Waals surface area (Å²) in [5, 5.41) is 4.54. The second kappa shape index (κ2) is 6.50. The molecule has 1 aliphatic rings. The van der Waals surface area contributed by atoms with Crippen LogP contribution in [0.25, 0.3) is 10.8 Å². The molecule has 144 valence electrons. The number of hydrogen-bond donors (Lipinski definition) is 1. The van der Waals surface area contributed by atoms with Gasteiger partial charge in [-0.15, -0.1) is 0 Å². The van der Waals surface area contributed by atoms with E-state index in [1.807, 2.05) is 72.7 Å². The number of nitrogens with zero attached hydrogens (tertiary/aromatic N) is 1. The number of pyridine rings is 1. The molecule has 1 amide bonds. The van der Waals surface area contributed by atoms with Gasteiger partial charge in [0.05, 0.1) is 11.2 Å². The zero-order chi connectivity index (χ0) is 20.0. The molecular weight excluding hydrogens is 343 g/mol. The van der Waals surface area contributed by atoms with Gasteiger partial charge in [0.1, 0.15) is 11.4 Å². The monoisotopic (exact) mass is 370 g/mol. The minimum Gasteiger partial charge on any atom is -0.444 e. The molecule has 0 unspecified atom stereocenters. The molecule has 1 aromatic carbocycles. The van der Waals surface area contributed by atoms with Crippen LogP contribution in [0.1, 0.15) is 48.5 Å². The van der Waals surface area contributed by atoms with Crippen LogP contribution in [0.3, 0.4) is 0 Å². The van der Waals surface area contributed by atoms with E-state index in [9.17, 15) is 4.79 Å². The summed E-state index contributed by atoms with van der Waals surface area (Å²) >= 11 is 0. The lowest BCUT2D eigenvalue weighted by Gasteiger charge is -2.32. The van der Waals surface area contributed by atoms with Gasteiger partial charge >= 0.3 is 13.2 Å². The standard InChI is InChI=1S/C20H27BN2O4/c1-18(2,3)25-17(24)23-16-11-14-13(12-22-16)9-8-10-15(14)21-26-19(4,5)20(6,7)27-21/h8-12H,1-7H3,(H,22,23,24). The summed E-state index contributed by atoms with van der Waals surface area (Å²) in [5.74, 6) is 0.417. The maximum absolute atomic E-state index is 12.1. The number of carbonyl (C=O) groups is 1. The first kappa shape index (κ1) is 19.6. The number of anilines is 1. The third-order valence-electron chi connectivity index (χ3n) is 4.93. The number of benzene rings is 1. The molecule has 6 nitrogen and oxygen atoms in total. The minimum atomic E-state index is -0.575. The van der Waals surface area contributed by atoms with E-state index in [0.29, 0.717) is 5.82 Å². The zero-order valence-electron chi connectivity index (χ0n) is 17.0. The van der Waals surface area contributed by atoms with Crippen LogP contribution in [0.15, 0.2) is 30.5 Å². The Labute approximate surface area is 160 Å². The van der Waals surface area contributed by atoms with Gasteiger partial charge in [-0.2, -0.15) is 0 Å². The highest BCUT2D eigenvalue weighted by molar-refractivity contribution is 6.65. The summed E-state index contributed by atoms with van der Waals surface area (Å²) in [4.78, 5) is 16.4. The Morgan fingerprint density at radius 3 is 2.37 bits per heavy atom. The lowest BCUT2D eigenvalue weighted by atomic mass is 9.76. The molecule has 0 radical (unpaired) electrons. The zero-order valence-corrected chi connectivity index (χ0v) is 17.0. The van der Waals surface area contributed by atoms with Crippen molar-refractivity contribution in [1.82, 2.24) is 4.98 Å².